The van der Waals surface area contributed by atoms with Crippen LogP contribution in [0.1, 0.15) is 37.0 Å². The number of rotatable bonds is 4. The molecule has 1 aromatic carbocycles. The molecule has 5 nitrogen and oxygen atoms in total. The topological polar surface area (TPSA) is 72.5 Å². The number of carbonyl (C=O) groups excluding carboxylic acids is 1. The van der Waals surface area contributed by atoms with E-state index in [1.54, 1.807) is 12.1 Å². The van der Waals surface area contributed by atoms with Crippen LogP contribution in [0.5, 0.6) is 0 Å². The highest BCUT2D eigenvalue weighted by atomic mass is 32.2. The fraction of sp³-hybridized carbons (Fsp3) is 0.500. The SMILES string of the molecule is CC(=O)c1cccc(S(=O)(=O)NC2CCOC(C)C2)c1. The Hall–Kier alpha value is -1.24. The Balaban J connectivity index is 2.17. The van der Waals surface area contributed by atoms with Crippen molar-refractivity contribution < 1.29 is 17.9 Å². The fourth-order valence-corrected chi connectivity index (χ4v) is 3.60. The van der Waals surface area contributed by atoms with Gasteiger partial charge in [-0.3, -0.25) is 4.79 Å². The van der Waals surface area contributed by atoms with E-state index in [1.807, 2.05) is 6.92 Å². The normalized spacial score (nSPS) is 23.5. The molecular weight excluding hydrogens is 278 g/mol. The van der Waals surface area contributed by atoms with Crippen molar-refractivity contribution in [2.45, 2.75) is 43.7 Å². The molecule has 0 aliphatic carbocycles. The van der Waals surface area contributed by atoms with Gasteiger partial charge in [0.15, 0.2) is 5.78 Å². The summed E-state index contributed by atoms with van der Waals surface area (Å²) in [4.78, 5) is 11.5. The smallest absolute Gasteiger partial charge is 0.240 e. The van der Waals surface area contributed by atoms with E-state index in [9.17, 15) is 13.2 Å². The number of hydrogen-bond donors (Lipinski definition) is 1. The van der Waals surface area contributed by atoms with Gasteiger partial charge in [-0.2, -0.15) is 0 Å². The first-order valence-electron chi connectivity index (χ1n) is 6.63. The monoisotopic (exact) mass is 297 g/mol. The molecule has 20 heavy (non-hydrogen) atoms. The summed E-state index contributed by atoms with van der Waals surface area (Å²) in [7, 11) is -3.60. The molecule has 6 heteroatoms. The lowest BCUT2D eigenvalue weighted by Gasteiger charge is -2.27. The first-order chi connectivity index (χ1) is 9.38. The molecule has 1 N–H and O–H groups in total. The summed E-state index contributed by atoms with van der Waals surface area (Å²) >= 11 is 0. The molecule has 1 aliphatic rings. The zero-order valence-corrected chi connectivity index (χ0v) is 12.4. The Morgan fingerprint density at radius 2 is 2.15 bits per heavy atom. The van der Waals surface area contributed by atoms with Gasteiger partial charge in [-0.15, -0.1) is 0 Å². The third-order valence-electron chi connectivity index (χ3n) is 3.36. The van der Waals surface area contributed by atoms with Crippen LogP contribution < -0.4 is 4.72 Å². The summed E-state index contributed by atoms with van der Waals surface area (Å²) in [5.74, 6) is -0.151. The highest BCUT2D eigenvalue weighted by molar-refractivity contribution is 7.89. The van der Waals surface area contributed by atoms with Gasteiger partial charge in [0.05, 0.1) is 11.0 Å². The van der Waals surface area contributed by atoms with Crippen LogP contribution in [0.15, 0.2) is 29.2 Å². The maximum absolute atomic E-state index is 12.3. The number of carbonyl (C=O) groups is 1. The molecule has 0 aromatic heterocycles. The number of ether oxygens (including phenoxy) is 1. The summed E-state index contributed by atoms with van der Waals surface area (Å²) < 4.78 is 32.7. The van der Waals surface area contributed by atoms with Gasteiger partial charge in [0.25, 0.3) is 0 Å². The molecule has 1 aliphatic heterocycles. The predicted molar refractivity (Wildman–Crippen MR) is 75.2 cm³/mol. The van der Waals surface area contributed by atoms with E-state index in [4.69, 9.17) is 4.74 Å². The summed E-state index contributed by atoms with van der Waals surface area (Å²) in [5.41, 5.74) is 0.397. The largest absolute Gasteiger partial charge is 0.378 e. The molecule has 110 valence electrons. The molecular formula is C14H19NO4S. The van der Waals surface area contributed by atoms with Crippen molar-refractivity contribution >= 4 is 15.8 Å². The minimum absolute atomic E-state index is 0.0556. The van der Waals surface area contributed by atoms with Crippen molar-refractivity contribution in [1.82, 2.24) is 4.72 Å². The lowest BCUT2D eigenvalue weighted by Crippen LogP contribution is -2.41. The molecule has 0 amide bonds. The van der Waals surface area contributed by atoms with Crippen molar-refractivity contribution in [2.75, 3.05) is 6.61 Å². The zero-order valence-electron chi connectivity index (χ0n) is 11.6. The van der Waals surface area contributed by atoms with Crippen LogP contribution in [0.2, 0.25) is 0 Å². The van der Waals surface area contributed by atoms with Crippen molar-refractivity contribution in [3.05, 3.63) is 29.8 Å². The van der Waals surface area contributed by atoms with Crippen LogP contribution in [0.25, 0.3) is 0 Å². The van der Waals surface area contributed by atoms with Crippen LogP contribution >= 0.6 is 0 Å². The van der Waals surface area contributed by atoms with E-state index in [1.165, 1.54) is 19.1 Å². The Kier molecular flexibility index (Phi) is 4.57. The maximum atomic E-state index is 12.3. The molecule has 0 spiro atoms. The summed E-state index contributed by atoms with van der Waals surface area (Å²) in [5, 5.41) is 0. The maximum Gasteiger partial charge on any atom is 0.240 e. The standard InChI is InChI=1S/C14H19NO4S/c1-10-8-13(6-7-19-10)15-20(17,18)14-5-3-4-12(9-14)11(2)16/h3-5,9-10,13,15H,6-8H2,1-2H3. The van der Waals surface area contributed by atoms with Gasteiger partial charge in [0.1, 0.15) is 0 Å². The van der Waals surface area contributed by atoms with Gasteiger partial charge in [-0.05, 0) is 38.8 Å². The molecule has 1 fully saturated rings. The van der Waals surface area contributed by atoms with Crippen molar-refractivity contribution in [2.24, 2.45) is 0 Å². The summed E-state index contributed by atoms with van der Waals surface area (Å²) in [6, 6.07) is 5.98. The number of hydrogen-bond acceptors (Lipinski definition) is 4. The first-order valence-corrected chi connectivity index (χ1v) is 8.12. The van der Waals surface area contributed by atoms with Crippen molar-refractivity contribution in [1.29, 1.82) is 0 Å². The second-order valence-electron chi connectivity index (χ2n) is 5.11. The van der Waals surface area contributed by atoms with E-state index >= 15 is 0 Å². The van der Waals surface area contributed by atoms with Crippen molar-refractivity contribution in [3.63, 3.8) is 0 Å². The fourth-order valence-electron chi connectivity index (χ4n) is 2.27. The van der Waals surface area contributed by atoms with E-state index in [2.05, 4.69) is 4.72 Å². The van der Waals surface area contributed by atoms with E-state index in [-0.39, 0.29) is 22.8 Å². The van der Waals surface area contributed by atoms with Gasteiger partial charge in [0.2, 0.25) is 10.0 Å². The van der Waals surface area contributed by atoms with Gasteiger partial charge in [-0.25, -0.2) is 13.1 Å². The number of nitrogens with one attached hydrogen (secondary N) is 1. The Morgan fingerprint density at radius 1 is 1.40 bits per heavy atom. The molecule has 0 radical (unpaired) electrons. The predicted octanol–water partition coefficient (Wildman–Crippen LogP) is 1.74. The van der Waals surface area contributed by atoms with Crippen LogP contribution in [0, 0.1) is 0 Å². The summed E-state index contributed by atoms with van der Waals surface area (Å²) in [6.07, 6.45) is 1.38. The van der Waals surface area contributed by atoms with Crippen molar-refractivity contribution in [3.8, 4) is 0 Å². The van der Waals surface area contributed by atoms with Crippen LogP contribution in [-0.2, 0) is 14.8 Å². The molecule has 0 saturated carbocycles. The Morgan fingerprint density at radius 3 is 2.80 bits per heavy atom. The minimum Gasteiger partial charge on any atom is -0.378 e. The number of sulfonamides is 1. The Bertz CT molecular complexity index is 597. The zero-order chi connectivity index (χ0) is 14.8. The molecule has 2 rings (SSSR count). The molecule has 0 bridgehead atoms. The van der Waals surface area contributed by atoms with Gasteiger partial charge in [-0.1, -0.05) is 12.1 Å². The lowest BCUT2D eigenvalue weighted by molar-refractivity contribution is 0.0173. The molecule has 2 atom stereocenters. The quantitative estimate of drug-likeness (QED) is 0.859. The first kappa shape index (κ1) is 15.2. The highest BCUT2D eigenvalue weighted by Crippen LogP contribution is 2.17. The number of Topliss-reactive ketones (excluding diaryl/α,β-unsaturated/α-hetero) is 1. The van der Waals surface area contributed by atoms with E-state index in [0.717, 1.165) is 0 Å². The van der Waals surface area contributed by atoms with Gasteiger partial charge >= 0.3 is 0 Å². The van der Waals surface area contributed by atoms with Gasteiger partial charge in [0, 0.05) is 18.2 Å². The third kappa shape index (κ3) is 3.65. The molecule has 1 saturated heterocycles. The van der Waals surface area contributed by atoms with Crippen LogP contribution in [0.4, 0.5) is 0 Å². The molecule has 1 aromatic rings. The summed E-state index contributed by atoms with van der Waals surface area (Å²) in [6.45, 7) is 3.90. The Labute approximate surface area is 119 Å². The average molecular weight is 297 g/mol. The highest BCUT2D eigenvalue weighted by Gasteiger charge is 2.25. The van der Waals surface area contributed by atoms with Gasteiger partial charge < -0.3 is 4.74 Å². The lowest BCUT2D eigenvalue weighted by atomic mass is 10.1. The number of benzene rings is 1. The average Bonchev–Trinajstić information content (AvgIpc) is 2.38. The van der Waals surface area contributed by atoms with Crippen LogP contribution in [0.3, 0.4) is 0 Å². The molecule has 1 heterocycles. The third-order valence-corrected chi connectivity index (χ3v) is 4.88. The van der Waals surface area contributed by atoms with Crippen LogP contribution in [-0.4, -0.2) is 33.0 Å². The minimum atomic E-state index is -3.60. The molecule has 2 unspecified atom stereocenters. The number of ketones is 1. The second kappa shape index (κ2) is 6.03. The van der Waals surface area contributed by atoms with E-state index in [0.29, 0.717) is 25.0 Å². The second-order valence-corrected chi connectivity index (χ2v) is 6.82. The van der Waals surface area contributed by atoms with E-state index < -0.39 is 10.0 Å².